The van der Waals surface area contributed by atoms with Crippen molar-refractivity contribution in [2.75, 3.05) is 13.2 Å². The van der Waals surface area contributed by atoms with Crippen molar-refractivity contribution >= 4 is 5.91 Å². The molecule has 5 nitrogen and oxygen atoms in total. The van der Waals surface area contributed by atoms with Gasteiger partial charge in [-0.1, -0.05) is 0 Å². The fraction of sp³-hybridized carbons (Fsp3) is 0.455. The van der Waals surface area contributed by atoms with Crippen molar-refractivity contribution in [2.24, 2.45) is 0 Å². The van der Waals surface area contributed by atoms with Gasteiger partial charge in [-0.2, -0.15) is 0 Å². The number of aliphatic hydroxyl groups is 1. The second-order valence-corrected chi connectivity index (χ2v) is 3.66. The summed E-state index contributed by atoms with van der Waals surface area (Å²) in [5.41, 5.74) is -0.184. The third-order valence-electron chi connectivity index (χ3n) is 2.17. The van der Waals surface area contributed by atoms with Crippen LogP contribution < -0.4 is 5.63 Å². The van der Waals surface area contributed by atoms with Crippen molar-refractivity contribution in [3.05, 3.63) is 34.4 Å². The number of amides is 1. The molecule has 5 heteroatoms. The van der Waals surface area contributed by atoms with Gasteiger partial charge < -0.3 is 14.4 Å². The van der Waals surface area contributed by atoms with Crippen molar-refractivity contribution < 1.29 is 14.3 Å². The molecule has 1 heterocycles. The molecule has 0 saturated heterocycles. The largest absolute Gasteiger partial charge is 0.430 e. The minimum absolute atomic E-state index is 0.0217. The molecule has 0 aliphatic rings. The van der Waals surface area contributed by atoms with E-state index in [1.54, 1.807) is 0 Å². The normalized spacial score (nSPS) is 10.5. The summed E-state index contributed by atoms with van der Waals surface area (Å²) in [4.78, 5) is 24.2. The fourth-order valence-corrected chi connectivity index (χ4v) is 1.35. The van der Waals surface area contributed by atoms with Crippen LogP contribution in [0.2, 0.25) is 0 Å². The van der Waals surface area contributed by atoms with E-state index in [-0.39, 0.29) is 25.1 Å². The maximum atomic E-state index is 11.9. The lowest BCUT2D eigenvalue weighted by atomic mass is 10.2. The van der Waals surface area contributed by atoms with E-state index in [2.05, 4.69) is 4.42 Å². The topological polar surface area (TPSA) is 70.8 Å². The Morgan fingerprint density at radius 1 is 1.50 bits per heavy atom. The molecule has 88 valence electrons. The molecule has 0 spiro atoms. The molecule has 0 unspecified atom stereocenters. The van der Waals surface area contributed by atoms with Crippen LogP contribution in [0.5, 0.6) is 0 Å². The molecular formula is C11H15NO4. The molecule has 0 bridgehead atoms. The van der Waals surface area contributed by atoms with Gasteiger partial charge in [0.25, 0.3) is 5.91 Å². The molecule has 1 amide bonds. The third-order valence-corrected chi connectivity index (χ3v) is 2.17. The fourth-order valence-electron chi connectivity index (χ4n) is 1.35. The zero-order valence-electron chi connectivity index (χ0n) is 9.34. The predicted molar refractivity (Wildman–Crippen MR) is 58.2 cm³/mol. The molecule has 1 N–H and O–H groups in total. The first kappa shape index (κ1) is 12.4. The highest BCUT2D eigenvalue weighted by Crippen LogP contribution is 2.06. The van der Waals surface area contributed by atoms with Gasteiger partial charge >= 0.3 is 5.63 Å². The maximum Gasteiger partial charge on any atom is 0.335 e. The molecule has 0 aromatic carbocycles. The molecule has 0 saturated carbocycles. The summed E-state index contributed by atoms with van der Waals surface area (Å²) in [5.74, 6) is -0.257. The van der Waals surface area contributed by atoms with E-state index in [1.807, 2.05) is 13.8 Å². The van der Waals surface area contributed by atoms with E-state index in [0.717, 1.165) is 6.26 Å². The lowest BCUT2D eigenvalue weighted by Crippen LogP contribution is -2.39. The highest BCUT2D eigenvalue weighted by molar-refractivity contribution is 5.93. The summed E-state index contributed by atoms with van der Waals surface area (Å²) in [7, 11) is 0. The number of carbonyl (C=O) groups excluding carboxylic acids is 1. The SMILES string of the molecule is CC(C)N(CCO)C(=O)c1ccc(=O)oc1. The second-order valence-electron chi connectivity index (χ2n) is 3.66. The first-order valence-corrected chi connectivity index (χ1v) is 5.07. The number of aliphatic hydroxyl groups excluding tert-OH is 1. The quantitative estimate of drug-likeness (QED) is 0.809. The minimum atomic E-state index is -0.491. The van der Waals surface area contributed by atoms with Crippen LogP contribution in [-0.4, -0.2) is 35.1 Å². The molecule has 1 aromatic heterocycles. The Balaban J connectivity index is 2.90. The Morgan fingerprint density at radius 3 is 2.62 bits per heavy atom. The van der Waals surface area contributed by atoms with Crippen LogP contribution >= 0.6 is 0 Å². The highest BCUT2D eigenvalue weighted by atomic mass is 16.4. The van der Waals surface area contributed by atoms with E-state index >= 15 is 0 Å². The van der Waals surface area contributed by atoms with Crippen molar-refractivity contribution in [3.63, 3.8) is 0 Å². The summed E-state index contributed by atoms with van der Waals surface area (Å²) in [6, 6.07) is 2.59. The highest BCUT2D eigenvalue weighted by Gasteiger charge is 2.18. The van der Waals surface area contributed by atoms with Crippen LogP contribution in [0.1, 0.15) is 24.2 Å². The Bertz CT molecular complexity index is 390. The van der Waals surface area contributed by atoms with E-state index in [4.69, 9.17) is 5.11 Å². The van der Waals surface area contributed by atoms with Gasteiger partial charge in [-0.05, 0) is 19.9 Å². The summed E-state index contributed by atoms with van der Waals surface area (Å²) < 4.78 is 4.62. The second kappa shape index (κ2) is 5.46. The van der Waals surface area contributed by atoms with Crippen LogP contribution in [0.15, 0.2) is 27.6 Å². The van der Waals surface area contributed by atoms with Gasteiger partial charge in [0.15, 0.2) is 0 Å². The first-order chi connectivity index (χ1) is 7.56. The molecule has 16 heavy (non-hydrogen) atoms. The number of carbonyl (C=O) groups is 1. The summed E-state index contributed by atoms with van der Waals surface area (Å²) >= 11 is 0. The molecule has 0 fully saturated rings. The average Bonchev–Trinajstić information content (AvgIpc) is 2.25. The van der Waals surface area contributed by atoms with E-state index in [0.29, 0.717) is 5.56 Å². The van der Waals surface area contributed by atoms with Crippen LogP contribution in [0, 0.1) is 0 Å². The zero-order valence-corrected chi connectivity index (χ0v) is 9.34. The predicted octanol–water partition coefficient (Wildman–Crippen LogP) is 0.483. The molecule has 0 atom stereocenters. The summed E-state index contributed by atoms with van der Waals surface area (Å²) in [5, 5.41) is 8.86. The molecule has 1 aromatic rings. The van der Waals surface area contributed by atoms with Crippen LogP contribution in [-0.2, 0) is 0 Å². The number of nitrogens with zero attached hydrogens (tertiary/aromatic N) is 1. The first-order valence-electron chi connectivity index (χ1n) is 5.07. The molecule has 0 aliphatic carbocycles. The standard InChI is InChI=1S/C11H15NO4/c1-8(2)12(5-6-13)11(15)9-3-4-10(14)16-7-9/h3-4,7-8,13H,5-6H2,1-2H3. The van der Waals surface area contributed by atoms with Crippen LogP contribution in [0.25, 0.3) is 0 Å². The van der Waals surface area contributed by atoms with Crippen molar-refractivity contribution in [3.8, 4) is 0 Å². The average molecular weight is 225 g/mol. The minimum Gasteiger partial charge on any atom is -0.430 e. The van der Waals surface area contributed by atoms with Gasteiger partial charge in [0.2, 0.25) is 0 Å². The molecule has 0 aliphatic heterocycles. The number of hydrogen-bond acceptors (Lipinski definition) is 4. The van der Waals surface area contributed by atoms with Gasteiger partial charge in [0.1, 0.15) is 6.26 Å². The number of hydrogen-bond donors (Lipinski definition) is 1. The lowest BCUT2D eigenvalue weighted by molar-refractivity contribution is 0.0662. The van der Waals surface area contributed by atoms with E-state index in [1.165, 1.54) is 17.0 Å². The Labute approximate surface area is 93.3 Å². The third kappa shape index (κ3) is 2.93. The Hall–Kier alpha value is -1.62. The molecule has 0 radical (unpaired) electrons. The van der Waals surface area contributed by atoms with Crippen molar-refractivity contribution in [1.82, 2.24) is 4.90 Å². The number of rotatable bonds is 4. The van der Waals surface area contributed by atoms with Gasteiger partial charge in [-0.15, -0.1) is 0 Å². The van der Waals surface area contributed by atoms with E-state index < -0.39 is 5.63 Å². The van der Waals surface area contributed by atoms with Gasteiger partial charge in [0, 0.05) is 18.7 Å². The van der Waals surface area contributed by atoms with Crippen LogP contribution in [0.4, 0.5) is 0 Å². The van der Waals surface area contributed by atoms with Gasteiger partial charge in [-0.3, -0.25) is 4.79 Å². The lowest BCUT2D eigenvalue weighted by Gasteiger charge is -2.25. The Morgan fingerprint density at radius 2 is 2.19 bits per heavy atom. The monoisotopic (exact) mass is 225 g/mol. The zero-order chi connectivity index (χ0) is 12.1. The van der Waals surface area contributed by atoms with Crippen LogP contribution in [0.3, 0.4) is 0 Å². The Kier molecular flexibility index (Phi) is 4.25. The maximum absolute atomic E-state index is 11.9. The van der Waals surface area contributed by atoms with Crippen molar-refractivity contribution in [1.29, 1.82) is 0 Å². The summed E-state index contributed by atoms with van der Waals surface area (Å²) in [6.07, 6.45) is 1.14. The van der Waals surface area contributed by atoms with Crippen molar-refractivity contribution in [2.45, 2.75) is 19.9 Å². The molecule has 1 rings (SSSR count). The van der Waals surface area contributed by atoms with Gasteiger partial charge in [0.05, 0.1) is 12.2 Å². The summed E-state index contributed by atoms with van der Waals surface area (Å²) in [6.45, 7) is 3.87. The smallest absolute Gasteiger partial charge is 0.335 e. The molecular weight excluding hydrogens is 210 g/mol. The van der Waals surface area contributed by atoms with Gasteiger partial charge in [-0.25, -0.2) is 4.79 Å². The van der Waals surface area contributed by atoms with E-state index in [9.17, 15) is 9.59 Å².